The normalized spacial score (nSPS) is 23.9. The highest BCUT2D eigenvalue weighted by Crippen LogP contribution is 2.36. The van der Waals surface area contributed by atoms with Gasteiger partial charge in [-0.3, -0.25) is 4.79 Å². The highest BCUT2D eigenvalue weighted by atomic mass is 19.4. The first-order valence-electron chi connectivity index (χ1n) is 11.8. The molecule has 1 aromatic carbocycles. The quantitative estimate of drug-likeness (QED) is 0.223. The molecule has 0 amide bonds. The molecular formula is C26H35F3O6. The number of unbranched alkanes of at least 4 members (excludes halogenated alkanes) is 1. The highest BCUT2D eigenvalue weighted by molar-refractivity contribution is 5.69. The molecule has 1 aliphatic rings. The average Bonchev–Trinajstić information content (AvgIpc) is 3.04. The molecule has 1 saturated carbocycles. The van der Waals surface area contributed by atoms with Crippen LogP contribution in [0.2, 0.25) is 0 Å². The van der Waals surface area contributed by atoms with Gasteiger partial charge in [-0.15, -0.1) is 0 Å². The summed E-state index contributed by atoms with van der Waals surface area (Å²) in [5, 5.41) is 30.8. The number of aliphatic hydroxyl groups is 3. The Labute approximate surface area is 204 Å². The van der Waals surface area contributed by atoms with Gasteiger partial charge >= 0.3 is 12.1 Å². The van der Waals surface area contributed by atoms with Crippen molar-refractivity contribution in [2.24, 2.45) is 11.8 Å². The summed E-state index contributed by atoms with van der Waals surface area (Å²) in [7, 11) is 0. The molecule has 6 nitrogen and oxygen atoms in total. The van der Waals surface area contributed by atoms with E-state index >= 15 is 0 Å². The number of esters is 1. The van der Waals surface area contributed by atoms with Gasteiger partial charge < -0.3 is 24.8 Å². The third kappa shape index (κ3) is 10.0. The molecule has 0 radical (unpaired) electrons. The van der Waals surface area contributed by atoms with Crippen molar-refractivity contribution in [3.05, 3.63) is 54.1 Å². The smallest absolute Gasteiger partial charge is 0.416 e. The third-order valence-electron chi connectivity index (χ3n) is 5.75. The fraction of sp³-hybridized carbons (Fsp3) is 0.577. The summed E-state index contributed by atoms with van der Waals surface area (Å²) in [5.74, 6) is -0.883. The second-order valence-corrected chi connectivity index (χ2v) is 9.04. The fourth-order valence-corrected chi connectivity index (χ4v) is 4.02. The molecule has 0 bridgehead atoms. The maximum Gasteiger partial charge on any atom is 0.416 e. The van der Waals surface area contributed by atoms with Gasteiger partial charge in [0.05, 0.1) is 23.9 Å². The SMILES string of the molecule is CC(C)OC(=O)CCCC=CC[C@@H]1[C@H](/C=C/C(O)COc2cccc(C(F)(F)F)c2)[C@H](O)C[C@@H]1O. The maximum atomic E-state index is 12.8. The van der Waals surface area contributed by atoms with E-state index in [-0.39, 0.29) is 42.7 Å². The average molecular weight is 501 g/mol. The van der Waals surface area contributed by atoms with Gasteiger partial charge in [0.25, 0.3) is 0 Å². The molecule has 9 heteroatoms. The van der Waals surface area contributed by atoms with E-state index in [1.807, 2.05) is 12.2 Å². The molecule has 1 aromatic rings. The monoisotopic (exact) mass is 500 g/mol. The lowest BCUT2D eigenvalue weighted by Gasteiger charge is -2.19. The van der Waals surface area contributed by atoms with Gasteiger partial charge in [-0.1, -0.05) is 30.4 Å². The second kappa shape index (κ2) is 13.7. The van der Waals surface area contributed by atoms with E-state index in [4.69, 9.17) is 9.47 Å². The number of allylic oxidation sites excluding steroid dienone is 2. The Morgan fingerprint density at radius 2 is 1.94 bits per heavy atom. The van der Waals surface area contributed by atoms with E-state index in [2.05, 4.69) is 0 Å². The predicted octanol–water partition coefficient (Wildman–Crippen LogP) is 4.43. The summed E-state index contributed by atoms with van der Waals surface area (Å²) in [6, 6.07) is 4.40. The first-order chi connectivity index (χ1) is 16.5. The van der Waals surface area contributed by atoms with Crippen molar-refractivity contribution in [1.82, 2.24) is 0 Å². The number of rotatable bonds is 12. The minimum absolute atomic E-state index is 0.0101. The first-order valence-corrected chi connectivity index (χ1v) is 11.8. The van der Waals surface area contributed by atoms with E-state index in [1.165, 1.54) is 18.2 Å². The Kier molecular flexibility index (Phi) is 11.3. The number of carbonyl (C=O) groups excluding carboxylic acids is 1. The zero-order valence-electron chi connectivity index (χ0n) is 20.0. The van der Waals surface area contributed by atoms with Crippen molar-refractivity contribution in [2.45, 2.75) is 76.5 Å². The van der Waals surface area contributed by atoms with Gasteiger partial charge in [0.1, 0.15) is 18.5 Å². The minimum Gasteiger partial charge on any atom is -0.491 e. The van der Waals surface area contributed by atoms with Crippen LogP contribution in [-0.2, 0) is 15.7 Å². The Morgan fingerprint density at radius 3 is 2.63 bits per heavy atom. The van der Waals surface area contributed by atoms with Crippen molar-refractivity contribution >= 4 is 5.97 Å². The number of benzene rings is 1. The van der Waals surface area contributed by atoms with Crippen LogP contribution in [0.1, 0.15) is 51.5 Å². The summed E-state index contributed by atoms with van der Waals surface area (Å²) in [5.41, 5.74) is -0.838. The van der Waals surface area contributed by atoms with Gasteiger partial charge in [-0.05, 0) is 57.2 Å². The van der Waals surface area contributed by atoms with Gasteiger partial charge in [-0.2, -0.15) is 13.2 Å². The molecule has 1 aliphatic carbocycles. The number of aliphatic hydroxyl groups excluding tert-OH is 3. The van der Waals surface area contributed by atoms with E-state index in [0.29, 0.717) is 25.7 Å². The van der Waals surface area contributed by atoms with E-state index in [0.717, 1.165) is 12.1 Å². The molecule has 0 aliphatic heterocycles. The molecule has 1 unspecified atom stereocenters. The van der Waals surface area contributed by atoms with Crippen molar-refractivity contribution < 1.29 is 42.8 Å². The number of carbonyl (C=O) groups is 1. The highest BCUT2D eigenvalue weighted by Gasteiger charge is 2.39. The van der Waals surface area contributed by atoms with Gasteiger partial charge in [-0.25, -0.2) is 0 Å². The summed E-state index contributed by atoms with van der Waals surface area (Å²) in [6.07, 6.45) is 2.09. The molecule has 0 spiro atoms. The minimum atomic E-state index is -4.49. The molecular weight excluding hydrogens is 465 g/mol. The van der Waals surface area contributed by atoms with E-state index < -0.39 is 30.1 Å². The molecule has 0 aromatic heterocycles. The predicted molar refractivity (Wildman–Crippen MR) is 125 cm³/mol. The fourth-order valence-electron chi connectivity index (χ4n) is 4.02. The first kappa shape index (κ1) is 28.9. The lowest BCUT2D eigenvalue weighted by atomic mass is 9.89. The zero-order valence-corrected chi connectivity index (χ0v) is 20.0. The van der Waals surface area contributed by atoms with Crippen molar-refractivity contribution in [3.63, 3.8) is 0 Å². The Morgan fingerprint density at radius 1 is 1.20 bits per heavy atom. The maximum absolute atomic E-state index is 12.8. The molecule has 196 valence electrons. The number of halogens is 3. The van der Waals surface area contributed by atoms with E-state index in [9.17, 15) is 33.3 Å². The van der Waals surface area contributed by atoms with Crippen LogP contribution in [0.25, 0.3) is 0 Å². The molecule has 1 fully saturated rings. The molecule has 0 heterocycles. The summed E-state index contributed by atoms with van der Waals surface area (Å²) < 4.78 is 48.8. The van der Waals surface area contributed by atoms with Crippen molar-refractivity contribution in [2.75, 3.05) is 6.61 Å². The standard InChI is InChI=1S/C26H35F3O6/c1-17(2)35-25(33)11-6-4-3-5-10-21-22(24(32)15-23(21)31)13-12-19(30)16-34-20-9-7-8-18(14-20)26(27,28)29/h3,5,7-9,12-14,17,19,21-24,30-32H,4,6,10-11,15-16H2,1-2H3/b5-3?,13-12+/t19?,21-,22+,23+,24-/m1/s1. The zero-order chi connectivity index (χ0) is 26.0. The third-order valence-corrected chi connectivity index (χ3v) is 5.75. The van der Waals surface area contributed by atoms with Crippen molar-refractivity contribution in [1.29, 1.82) is 0 Å². The lowest BCUT2D eigenvalue weighted by Crippen LogP contribution is -2.21. The molecule has 5 atom stereocenters. The van der Waals surface area contributed by atoms with Crippen LogP contribution < -0.4 is 4.74 Å². The Bertz CT molecular complexity index is 852. The van der Waals surface area contributed by atoms with Crippen LogP contribution in [0.3, 0.4) is 0 Å². The van der Waals surface area contributed by atoms with E-state index in [1.54, 1.807) is 19.9 Å². The number of hydrogen-bond donors (Lipinski definition) is 3. The second-order valence-electron chi connectivity index (χ2n) is 9.04. The summed E-state index contributed by atoms with van der Waals surface area (Å²) >= 11 is 0. The number of ether oxygens (including phenoxy) is 2. The van der Waals surface area contributed by atoms with Crippen LogP contribution in [0, 0.1) is 11.8 Å². The summed E-state index contributed by atoms with van der Waals surface area (Å²) in [6.45, 7) is 3.34. The van der Waals surface area contributed by atoms with Crippen LogP contribution >= 0.6 is 0 Å². The molecule has 2 rings (SSSR count). The van der Waals surface area contributed by atoms with Crippen LogP contribution in [-0.4, -0.2) is 52.3 Å². The topological polar surface area (TPSA) is 96.2 Å². The largest absolute Gasteiger partial charge is 0.491 e. The summed E-state index contributed by atoms with van der Waals surface area (Å²) in [4.78, 5) is 11.5. The van der Waals surface area contributed by atoms with Gasteiger partial charge in [0.2, 0.25) is 0 Å². The van der Waals surface area contributed by atoms with Crippen molar-refractivity contribution in [3.8, 4) is 5.75 Å². The number of hydrogen-bond acceptors (Lipinski definition) is 6. The van der Waals surface area contributed by atoms with Crippen LogP contribution in [0.5, 0.6) is 5.75 Å². The van der Waals surface area contributed by atoms with Crippen LogP contribution in [0.15, 0.2) is 48.6 Å². The molecule has 3 N–H and O–H groups in total. The van der Waals surface area contributed by atoms with Gasteiger partial charge in [0.15, 0.2) is 0 Å². The lowest BCUT2D eigenvalue weighted by molar-refractivity contribution is -0.147. The van der Waals surface area contributed by atoms with Gasteiger partial charge in [0, 0.05) is 18.8 Å². The molecule has 35 heavy (non-hydrogen) atoms. The Balaban J connectivity index is 1.82. The Hall–Kier alpha value is -2.36. The van der Waals surface area contributed by atoms with Crippen LogP contribution in [0.4, 0.5) is 13.2 Å². The molecule has 0 saturated heterocycles. The number of alkyl halides is 3.